The van der Waals surface area contributed by atoms with Crippen LogP contribution in [0.15, 0.2) is 35.7 Å². The second kappa shape index (κ2) is 7.75. The van der Waals surface area contributed by atoms with Gasteiger partial charge < -0.3 is 14.6 Å². The molecule has 112 valence electrons. The summed E-state index contributed by atoms with van der Waals surface area (Å²) >= 11 is 1.28. The number of methoxy groups -OCH3 is 1. The summed E-state index contributed by atoms with van der Waals surface area (Å²) < 4.78 is 19.6. The van der Waals surface area contributed by atoms with Crippen LogP contribution in [0, 0.1) is 5.82 Å². The Balaban J connectivity index is 1.83. The van der Waals surface area contributed by atoms with Crippen LogP contribution in [0.1, 0.15) is 0 Å². The van der Waals surface area contributed by atoms with Gasteiger partial charge in [0, 0.05) is 19.3 Å². The lowest BCUT2D eigenvalue weighted by atomic mass is 10.3. The average Bonchev–Trinajstić information content (AvgIpc) is 2.93. The molecule has 8 heteroatoms. The Kier molecular flexibility index (Phi) is 5.70. The molecule has 1 amide bonds. The third kappa shape index (κ3) is 4.83. The smallest absolute Gasteiger partial charge is 0.234 e. The number of hydrogen-bond acceptors (Lipinski definition) is 5. The van der Waals surface area contributed by atoms with E-state index >= 15 is 0 Å². The van der Waals surface area contributed by atoms with Crippen LogP contribution in [0.3, 0.4) is 0 Å². The molecular formula is C13H15FN4O2S. The summed E-state index contributed by atoms with van der Waals surface area (Å²) in [4.78, 5) is 11.8. The number of nitrogens with one attached hydrogen (secondary N) is 1. The van der Waals surface area contributed by atoms with E-state index in [4.69, 9.17) is 4.74 Å². The number of hydrogen-bond donors (Lipinski definition) is 1. The zero-order valence-corrected chi connectivity index (χ0v) is 12.3. The summed E-state index contributed by atoms with van der Waals surface area (Å²) in [5.74, 6) is -0.329. The van der Waals surface area contributed by atoms with E-state index in [0.29, 0.717) is 24.0 Å². The fraction of sp³-hybridized carbons (Fsp3) is 0.308. The van der Waals surface area contributed by atoms with Crippen LogP contribution in [0.4, 0.5) is 10.1 Å². The van der Waals surface area contributed by atoms with E-state index < -0.39 is 0 Å². The molecule has 0 saturated carbocycles. The van der Waals surface area contributed by atoms with Crippen molar-refractivity contribution in [3.8, 4) is 0 Å². The van der Waals surface area contributed by atoms with E-state index in [1.54, 1.807) is 13.4 Å². The van der Waals surface area contributed by atoms with Crippen LogP contribution in [0.2, 0.25) is 0 Å². The van der Waals surface area contributed by atoms with Crippen molar-refractivity contribution in [2.45, 2.75) is 11.7 Å². The summed E-state index contributed by atoms with van der Waals surface area (Å²) in [6, 6.07) is 5.62. The van der Waals surface area contributed by atoms with Crippen molar-refractivity contribution in [3.05, 3.63) is 36.4 Å². The van der Waals surface area contributed by atoms with Crippen molar-refractivity contribution < 1.29 is 13.9 Å². The van der Waals surface area contributed by atoms with Gasteiger partial charge in [-0.15, -0.1) is 10.2 Å². The number of halogens is 1. The molecule has 0 radical (unpaired) electrons. The van der Waals surface area contributed by atoms with E-state index in [9.17, 15) is 9.18 Å². The molecule has 0 bridgehead atoms. The van der Waals surface area contributed by atoms with Gasteiger partial charge in [0.15, 0.2) is 5.16 Å². The van der Waals surface area contributed by atoms with Gasteiger partial charge in [0.05, 0.1) is 12.4 Å². The highest BCUT2D eigenvalue weighted by molar-refractivity contribution is 7.99. The molecule has 21 heavy (non-hydrogen) atoms. The maximum Gasteiger partial charge on any atom is 0.234 e. The first kappa shape index (κ1) is 15.5. The predicted molar refractivity (Wildman–Crippen MR) is 77.7 cm³/mol. The first-order valence-electron chi connectivity index (χ1n) is 6.24. The van der Waals surface area contributed by atoms with Gasteiger partial charge in [-0.05, 0) is 24.3 Å². The minimum Gasteiger partial charge on any atom is -0.383 e. The van der Waals surface area contributed by atoms with E-state index in [1.165, 1.54) is 36.0 Å². The highest BCUT2D eigenvalue weighted by Crippen LogP contribution is 2.15. The van der Waals surface area contributed by atoms with Gasteiger partial charge in [-0.2, -0.15) is 0 Å². The zero-order valence-electron chi connectivity index (χ0n) is 11.5. The van der Waals surface area contributed by atoms with Crippen LogP contribution in [0.5, 0.6) is 0 Å². The van der Waals surface area contributed by atoms with Crippen LogP contribution in [0.25, 0.3) is 0 Å². The summed E-state index contributed by atoms with van der Waals surface area (Å²) in [6.45, 7) is 1.18. The molecule has 0 saturated heterocycles. The maximum absolute atomic E-state index is 12.8. The number of nitrogens with zero attached hydrogens (tertiary/aromatic N) is 3. The topological polar surface area (TPSA) is 69.0 Å². The number of rotatable bonds is 7. The second-order valence-corrected chi connectivity index (χ2v) is 5.09. The van der Waals surface area contributed by atoms with E-state index in [2.05, 4.69) is 15.5 Å². The van der Waals surface area contributed by atoms with E-state index in [0.717, 1.165) is 0 Å². The second-order valence-electron chi connectivity index (χ2n) is 4.14. The molecule has 0 unspecified atom stereocenters. The number of amides is 1. The number of carbonyl (C=O) groups is 1. The van der Waals surface area contributed by atoms with E-state index in [1.807, 2.05) is 4.57 Å². The summed E-state index contributed by atoms with van der Waals surface area (Å²) in [6.07, 6.45) is 1.60. The molecule has 2 rings (SSSR count). The monoisotopic (exact) mass is 310 g/mol. The first-order chi connectivity index (χ1) is 10.2. The van der Waals surface area contributed by atoms with Gasteiger partial charge in [0.1, 0.15) is 12.1 Å². The average molecular weight is 310 g/mol. The molecule has 0 fully saturated rings. The van der Waals surface area contributed by atoms with Crippen LogP contribution < -0.4 is 5.32 Å². The Hall–Kier alpha value is -1.93. The van der Waals surface area contributed by atoms with Crippen molar-refractivity contribution in [1.29, 1.82) is 0 Å². The summed E-state index contributed by atoms with van der Waals surface area (Å²) in [5, 5.41) is 11.1. The normalized spacial score (nSPS) is 10.6. The lowest BCUT2D eigenvalue weighted by molar-refractivity contribution is -0.113. The van der Waals surface area contributed by atoms with Crippen molar-refractivity contribution in [2.75, 3.05) is 24.8 Å². The number of carbonyl (C=O) groups excluding carboxylic acids is 1. The maximum atomic E-state index is 12.8. The molecule has 0 aliphatic rings. The highest BCUT2D eigenvalue weighted by Gasteiger charge is 2.09. The third-order valence-corrected chi connectivity index (χ3v) is 3.56. The molecule has 2 aromatic rings. The predicted octanol–water partition coefficient (Wildman–Crippen LogP) is 1.79. The lowest BCUT2D eigenvalue weighted by Gasteiger charge is -2.06. The zero-order chi connectivity index (χ0) is 15.1. The Labute approximate surface area is 125 Å². The van der Waals surface area contributed by atoms with Crippen molar-refractivity contribution in [1.82, 2.24) is 14.8 Å². The van der Waals surface area contributed by atoms with Crippen LogP contribution in [-0.4, -0.2) is 40.1 Å². The number of benzene rings is 1. The van der Waals surface area contributed by atoms with Crippen LogP contribution >= 0.6 is 11.8 Å². The first-order valence-corrected chi connectivity index (χ1v) is 7.22. The third-order valence-electron chi connectivity index (χ3n) is 2.58. The molecule has 1 aromatic heterocycles. The van der Waals surface area contributed by atoms with Gasteiger partial charge in [-0.3, -0.25) is 4.79 Å². The van der Waals surface area contributed by atoms with Gasteiger partial charge in [0.25, 0.3) is 0 Å². The largest absolute Gasteiger partial charge is 0.383 e. The van der Waals surface area contributed by atoms with Gasteiger partial charge in [0.2, 0.25) is 5.91 Å². The molecule has 0 atom stereocenters. The molecule has 1 heterocycles. The SMILES string of the molecule is COCCn1cnnc1SCC(=O)Nc1ccc(F)cc1. The Morgan fingerprint density at radius 3 is 2.90 bits per heavy atom. The van der Waals surface area contributed by atoms with Crippen molar-refractivity contribution >= 4 is 23.4 Å². The fourth-order valence-electron chi connectivity index (χ4n) is 1.56. The molecule has 0 aliphatic heterocycles. The summed E-state index contributed by atoms with van der Waals surface area (Å²) in [7, 11) is 1.62. The Morgan fingerprint density at radius 2 is 2.19 bits per heavy atom. The standard InChI is InChI=1S/C13H15FN4O2S/c1-20-7-6-18-9-15-17-13(18)21-8-12(19)16-11-4-2-10(14)3-5-11/h2-5,9H,6-8H2,1H3,(H,16,19). The molecule has 0 aliphatic carbocycles. The molecular weight excluding hydrogens is 295 g/mol. The highest BCUT2D eigenvalue weighted by atomic mass is 32.2. The fourth-order valence-corrected chi connectivity index (χ4v) is 2.30. The van der Waals surface area contributed by atoms with E-state index in [-0.39, 0.29) is 17.5 Å². The number of ether oxygens (including phenoxy) is 1. The van der Waals surface area contributed by atoms with Crippen LogP contribution in [-0.2, 0) is 16.1 Å². The lowest BCUT2D eigenvalue weighted by Crippen LogP contribution is -2.14. The summed E-state index contributed by atoms with van der Waals surface area (Å²) in [5.41, 5.74) is 0.558. The quantitative estimate of drug-likeness (QED) is 0.790. The molecule has 1 aromatic carbocycles. The van der Waals surface area contributed by atoms with Gasteiger partial charge in [-0.25, -0.2) is 4.39 Å². The number of aromatic nitrogens is 3. The Morgan fingerprint density at radius 1 is 1.43 bits per heavy atom. The van der Waals surface area contributed by atoms with Gasteiger partial charge >= 0.3 is 0 Å². The van der Waals surface area contributed by atoms with Crippen molar-refractivity contribution in [2.24, 2.45) is 0 Å². The molecule has 0 spiro atoms. The van der Waals surface area contributed by atoms with Crippen molar-refractivity contribution in [3.63, 3.8) is 0 Å². The molecule has 1 N–H and O–H groups in total. The minimum atomic E-state index is -0.339. The minimum absolute atomic E-state index is 0.187. The number of thioether (sulfide) groups is 1. The Bertz CT molecular complexity index is 588. The molecule has 6 nitrogen and oxygen atoms in total. The van der Waals surface area contributed by atoms with Gasteiger partial charge in [-0.1, -0.05) is 11.8 Å². The number of anilines is 1.